The maximum atomic E-state index is 11.7. The third kappa shape index (κ3) is 3.57. The van der Waals surface area contributed by atoms with E-state index in [0.29, 0.717) is 11.6 Å². The molecule has 0 unspecified atom stereocenters. The molecule has 0 spiro atoms. The van der Waals surface area contributed by atoms with Crippen LogP contribution in [0.1, 0.15) is 52.5 Å². The number of carbonyl (C=O) groups excluding carboxylic acids is 1. The summed E-state index contributed by atoms with van der Waals surface area (Å²) in [5.74, 6) is 0.0574. The number of fused-ring (bicyclic) bond motifs is 1. The molecule has 0 radical (unpaired) electrons. The van der Waals surface area contributed by atoms with Crippen molar-refractivity contribution in [3.63, 3.8) is 0 Å². The van der Waals surface area contributed by atoms with E-state index in [-0.39, 0.29) is 11.3 Å². The van der Waals surface area contributed by atoms with Crippen LogP contribution in [-0.4, -0.2) is 10.9 Å². The van der Waals surface area contributed by atoms with Crippen molar-refractivity contribution in [2.75, 3.05) is 5.32 Å². The van der Waals surface area contributed by atoms with Gasteiger partial charge in [-0.25, -0.2) is 4.98 Å². The van der Waals surface area contributed by atoms with Crippen LogP contribution in [0.5, 0.6) is 0 Å². The molecule has 1 N–H and O–H groups in total. The van der Waals surface area contributed by atoms with Gasteiger partial charge in [-0.15, -0.1) is 0 Å². The van der Waals surface area contributed by atoms with Crippen LogP contribution in [0.15, 0.2) is 18.2 Å². The molecule has 4 heteroatoms. The number of rotatable bonds is 4. The quantitative estimate of drug-likeness (QED) is 0.885. The minimum Gasteiger partial charge on any atom is -0.302 e. The zero-order chi connectivity index (χ0) is 14.8. The van der Waals surface area contributed by atoms with Crippen LogP contribution in [-0.2, 0) is 10.2 Å². The Morgan fingerprint density at radius 3 is 2.75 bits per heavy atom. The predicted octanol–water partition coefficient (Wildman–Crippen LogP) is 4.72. The fourth-order valence-electron chi connectivity index (χ4n) is 1.96. The lowest BCUT2D eigenvalue weighted by Gasteiger charge is -2.18. The van der Waals surface area contributed by atoms with Crippen molar-refractivity contribution in [1.82, 2.24) is 4.98 Å². The van der Waals surface area contributed by atoms with Crippen molar-refractivity contribution in [3.05, 3.63) is 23.8 Å². The molecule has 1 aromatic carbocycles. The summed E-state index contributed by atoms with van der Waals surface area (Å²) in [7, 11) is 0. The Kier molecular flexibility index (Phi) is 4.43. The Hall–Kier alpha value is -1.42. The maximum Gasteiger partial charge on any atom is 0.226 e. The van der Waals surface area contributed by atoms with Gasteiger partial charge >= 0.3 is 0 Å². The SMILES string of the molecule is CCCCC(=O)Nc1nc2ccc(C(C)(C)C)cc2s1. The zero-order valence-electron chi connectivity index (χ0n) is 12.6. The number of benzene rings is 1. The molecule has 20 heavy (non-hydrogen) atoms. The minimum atomic E-state index is 0.0574. The number of thiazole rings is 1. The highest BCUT2D eigenvalue weighted by Crippen LogP contribution is 2.31. The monoisotopic (exact) mass is 290 g/mol. The minimum absolute atomic E-state index is 0.0574. The molecule has 0 saturated carbocycles. The molecular weight excluding hydrogens is 268 g/mol. The molecule has 2 aromatic rings. The van der Waals surface area contributed by atoms with Crippen molar-refractivity contribution in [2.45, 2.75) is 52.4 Å². The van der Waals surface area contributed by atoms with Gasteiger partial charge in [-0.1, -0.05) is 51.5 Å². The molecule has 0 aliphatic carbocycles. The third-order valence-corrected chi connectivity index (χ3v) is 4.19. The highest BCUT2D eigenvalue weighted by molar-refractivity contribution is 7.22. The van der Waals surface area contributed by atoms with Crippen LogP contribution in [0.25, 0.3) is 10.2 Å². The van der Waals surface area contributed by atoms with E-state index in [4.69, 9.17) is 0 Å². The Labute approximate surface area is 124 Å². The van der Waals surface area contributed by atoms with Crippen LogP contribution >= 0.6 is 11.3 Å². The number of hydrogen-bond donors (Lipinski definition) is 1. The molecule has 2 rings (SSSR count). The standard InChI is InChI=1S/C16H22N2OS/c1-5-6-7-14(19)18-15-17-12-9-8-11(16(2,3)4)10-13(12)20-15/h8-10H,5-7H2,1-4H3,(H,17,18,19). The van der Waals surface area contributed by atoms with E-state index in [2.05, 4.69) is 50.1 Å². The van der Waals surface area contributed by atoms with Gasteiger partial charge < -0.3 is 5.32 Å². The summed E-state index contributed by atoms with van der Waals surface area (Å²) in [6.07, 6.45) is 2.52. The van der Waals surface area contributed by atoms with Gasteiger partial charge in [0.2, 0.25) is 5.91 Å². The lowest BCUT2D eigenvalue weighted by atomic mass is 9.87. The van der Waals surface area contributed by atoms with Crippen molar-refractivity contribution < 1.29 is 4.79 Å². The van der Waals surface area contributed by atoms with E-state index < -0.39 is 0 Å². The first-order valence-corrected chi connectivity index (χ1v) is 7.92. The number of amides is 1. The van der Waals surface area contributed by atoms with Gasteiger partial charge in [0.05, 0.1) is 10.2 Å². The highest BCUT2D eigenvalue weighted by Gasteiger charge is 2.15. The summed E-state index contributed by atoms with van der Waals surface area (Å²) < 4.78 is 1.13. The summed E-state index contributed by atoms with van der Waals surface area (Å²) in [6, 6.07) is 6.33. The Morgan fingerprint density at radius 1 is 1.35 bits per heavy atom. The summed E-state index contributed by atoms with van der Waals surface area (Å²) in [4.78, 5) is 16.2. The largest absolute Gasteiger partial charge is 0.302 e. The van der Waals surface area contributed by atoms with E-state index in [1.807, 2.05) is 6.07 Å². The fraction of sp³-hybridized carbons (Fsp3) is 0.500. The molecule has 3 nitrogen and oxygen atoms in total. The first-order valence-electron chi connectivity index (χ1n) is 7.11. The average Bonchev–Trinajstić information content (AvgIpc) is 2.76. The van der Waals surface area contributed by atoms with Gasteiger partial charge in [-0.05, 0) is 29.5 Å². The maximum absolute atomic E-state index is 11.7. The molecular formula is C16H22N2OS. The molecule has 0 aliphatic rings. The third-order valence-electron chi connectivity index (χ3n) is 3.26. The van der Waals surface area contributed by atoms with Crippen molar-refractivity contribution in [3.8, 4) is 0 Å². The van der Waals surface area contributed by atoms with Crippen LogP contribution in [0.4, 0.5) is 5.13 Å². The van der Waals surface area contributed by atoms with E-state index in [0.717, 1.165) is 23.1 Å². The van der Waals surface area contributed by atoms with Gasteiger partial charge in [0.25, 0.3) is 0 Å². The molecule has 0 bridgehead atoms. The number of hydrogen-bond acceptors (Lipinski definition) is 3. The Bertz CT molecular complexity index is 610. The van der Waals surface area contributed by atoms with Gasteiger partial charge in [-0.3, -0.25) is 4.79 Å². The Balaban J connectivity index is 2.19. The molecule has 0 saturated heterocycles. The molecule has 1 aromatic heterocycles. The van der Waals surface area contributed by atoms with E-state index in [1.54, 1.807) is 11.3 Å². The lowest BCUT2D eigenvalue weighted by Crippen LogP contribution is -2.10. The first-order chi connectivity index (χ1) is 9.40. The summed E-state index contributed by atoms with van der Waals surface area (Å²) >= 11 is 1.55. The second kappa shape index (κ2) is 5.92. The highest BCUT2D eigenvalue weighted by atomic mass is 32.1. The lowest BCUT2D eigenvalue weighted by molar-refractivity contribution is -0.116. The number of nitrogens with one attached hydrogen (secondary N) is 1. The smallest absolute Gasteiger partial charge is 0.226 e. The second-order valence-corrected chi connectivity index (χ2v) is 7.13. The number of aromatic nitrogens is 1. The van der Waals surface area contributed by atoms with Gasteiger partial charge in [0.1, 0.15) is 0 Å². The second-order valence-electron chi connectivity index (χ2n) is 6.10. The molecule has 0 atom stereocenters. The average molecular weight is 290 g/mol. The van der Waals surface area contributed by atoms with Crippen molar-refractivity contribution >= 4 is 32.6 Å². The van der Waals surface area contributed by atoms with Crippen molar-refractivity contribution in [1.29, 1.82) is 0 Å². The molecule has 108 valence electrons. The van der Waals surface area contributed by atoms with E-state index >= 15 is 0 Å². The van der Waals surface area contributed by atoms with Crippen LogP contribution in [0, 0.1) is 0 Å². The number of anilines is 1. The number of nitrogens with zero attached hydrogens (tertiary/aromatic N) is 1. The topological polar surface area (TPSA) is 42.0 Å². The molecule has 0 fully saturated rings. The molecule has 0 aliphatic heterocycles. The molecule has 1 amide bonds. The van der Waals surface area contributed by atoms with Crippen LogP contribution < -0.4 is 5.32 Å². The van der Waals surface area contributed by atoms with Gasteiger partial charge in [-0.2, -0.15) is 0 Å². The number of carbonyl (C=O) groups is 1. The fourth-order valence-corrected chi connectivity index (χ4v) is 2.89. The summed E-state index contributed by atoms with van der Waals surface area (Å²) in [5, 5.41) is 3.59. The van der Waals surface area contributed by atoms with Crippen LogP contribution in [0.3, 0.4) is 0 Å². The normalized spacial score (nSPS) is 11.8. The zero-order valence-corrected chi connectivity index (χ0v) is 13.4. The summed E-state index contributed by atoms with van der Waals surface area (Å²) in [6.45, 7) is 8.67. The van der Waals surface area contributed by atoms with E-state index in [9.17, 15) is 4.79 Å². The van der Waals surface area contributed by atoms with Crippen LogP contribution in [0.2, 0.25) is 0 Å². The molecule has 1 heterocycles. The Morgan fingerprint density at radius 2 is 2.10 bits per heavy atom. The predicted molar refractivity (Wildman–Crippen MR) is 86.5 cm³/mol. The first kappa shape index (κ1) is 15.0. The summed E-state index contributed by atoms with van der Waals surface area (Å²) in [5.41, 5.74) is 2.37. The van der Waals surface area contributed by atoms with Gasteiger partial charge in [0.15, 0.2) is 5.13 Å². The van der Waals surface area contributed by atoms with Gasteiger partial charge in [0, 0.05) is 6.42 Å². The van der Waals surface area contributed by atoms with E-state index in [1.165, 1.54) is 5.56 Å². The number of unbranched alkanes of at least 4 members (excludes halogenated alkanes) is 1. The van der Waals surface area contributed by atoms with Crippen molar-refractivity contribution in [2.24, 2.45) is 0 Å².